The molecule has 0 amide bonds. The summed E-state index contributed by atoms with van der Waals surface area (Å²) in [4.78, 5) is 0. The molecule has 0 bridgehead atoms. The lowest BCUT2D eigenvalue weighted by Crippen LogP contribution is -2.39. The van der Waals surface area contributed by atoms with Crippen LogP contribution in [-0.4, -0.2) is 12.4 Å². The minimum Gasteiger partial charge on any atom is -0.465 e. The van der Waals surface area contributed by atoms with Crippen molar-refractivity contribution >= 4 is 0 Å². The van der Waals surface area contributed by atoms with Crippen LogP contribution in [0.5, 0.6) is 5.75 Å². The first-order valence-corrected chi connectivity index (χ1v) is 6.76. The summed E-state index contributed by atoms with van der Waals surface area (Å²) in [5.74, 6) is 1.30. The number of halogens is 3. The highest BCUT2D eigenvalue weighted by molar-refractivity contribution is 5.28. The molecule has 0 saturated carbocycles. The molecule has 0 aromatic heterocycles. The van der Waals surface area contributed by atoms with Crippen LogP contribution in [0.3, 0.4) is 0 Å². The van der Waals surface area contributed by atoms with Gasteiger partial charge >= 0.3 is 6.18 Å². The fourth-order valence-electron chi connectivity index (χ4n) is 2.35. The zero-order chi connectivity index (χ0) is 14.9. The molecule has 1 unspecified atom stereocenters. The van der Waals surface area contributed by atoms with Gasteiger partial charge in [0.05, 0.1) is 11.7 Å². The quantitative estimate of drug-likeness (QED) is 0.798. The molecule has 2 nitrogen and oxygen atoms in total. The average Bonchev–Trinajstić information content (AvgIpc) is 2.35. The third-order valence-corrected chi connectivity index (χ3v) is 4.02. The van der Waals surface area contributed by atoms with Crippen LogP contribution >= 0.6 is 0 Å². The molecule has 1 aliphatic rings. The van der Waals surface area contributed by atoms with Crippen LogP contribution in [0.25, 0.3) is 0 Å². The van der Waals surface area contributed by atoms with E-state index >= 15 is 0 Å². The van der Waals surface area contributed by atoms with E-state index in [1.54, 1.807) is 0 Å². The largest absolute Gasteiger partial charge is 0.465 e. The van der Waals surface area contributed by atoms with Crippen LogP contribution in [0.4, 0.5) is 13.2 Å². The molecular weight excluding hydrogens is 269 g/mol. The maximum Gasteiger partial charge on any atom is 0.416 e. The Morgan fingerprint density at radius 3 is 2.20 bits per heavy atom. The molecule has 4 atom stereocenters. The topological polar surface area (TPSA) is 18.5 Å². The first-order chi connectivity index (χ1) is 9.27. The normalized spacial score (nSPS) is 31.1. The van der Waals surface area contributed by atoms with E-state index in [0.717, 1.165) is 18.6 Å². The molecule has 1 heterocycles. The van der Waals surface area contributed by atoms with Gasteiger partial charge in [-0.25, -0.2) is 0 Å². The number of benzene rings is 1. The Morgan fingerprint density at radius 2 is 1.70 bits per heavy atom. The van der Waals surface area contributed by atoms with Gasteiger partial charge in [0.1, 0.15) is 5.75 Å². The van der Waals surface area contributed by atoms with Crippen LogP contribution in [0.2, 0.25) is 0 Å². The molecule has 1 fully saturated rings. The van der Waals surface area contributed by atoms with E-state index in [1.807, 2.05) is 6.92 Å². The van der Waals surface area contributed by atoms with Crippen molar-refractivity contribution in [2.24, 2.45) is 11.8 Å². The number of rotatable bonds is 2. The van der Waals surface area contributed by atoms with E-state index in [9.17, 15) is 13.2 Å². The summed E-state index contributed by atoms with van der Waals surface area (Å²) in [6, 6.07) is 4.71. The Labute approximate surface area is 116 Å². The molecule has 112 valence electrons. The first kappa shape index (κ1) is 15.2. The van der Waals surface area contributed by atoms with E-state index in [4.69, 9.17) is 9.47 Å². The van der Waals surface area contributed by atoms with Gasteiger partial charge in [-0.2, -0.15) is 13.2 Å². The Balaban J connectivity index is 2.00. The summed E-state index contributed by atoms with van der Waals surface area (Å²) in [5.41, 5.74) is -0.676. The molecule has 1 aromatic rings. The molecule has 1 aromatic carbocycles. The summed E-state index contributed by atoms with van der Waals surface area (Å²) in [7, 11) is 0. The van der Waals surface area contributed by atoms with Crippen molar-refractivity contribution in [1.82, 2.24) is 0 Å². The monoisotopic (exact) mass is 288 g/mol. The molecule has 20 heavy (non-hydrogen) atoms. The summed E-state index contributed by atoms with van der Waals surface area (Å²) < 4.78 is 48.7. The lowest BCUT2D eigenvalue weighted by atomic mass is 9.86. The molecule has 0 N–H and O–H groups in total. The van der Waals surface area contributed by atoms with Gasteiger partial charge in [0.2, 0.25) is 0 Å². The van der Waals surface area contributed by atoms with Gasteiger partial charge in [-0.1, -0.05) is 13.8 Å². The average molecular weight is 288 g/mol. The molecule has 0 spiro atoms. The second-order valence-electron chi connectivity index (χ2n) is 5.48. The molecule has 0 aliphatic carbocycles. The van der Waals surface area contributed by atoms with Gasteiger partial charge in [0, 0.05) is 6.42 Å². The molecule has 1 saturated heterocycles. The van der Waals surface area contributed by atoms with Crippen molar-refractivity contribution in [2.75, 3.05) is 0 Å². The highest BCUT2D eigenvalue weighted by Crippen LogP contribution is 2.33. The van der Waals surface area contributed by atoms with Gasteiger partial charge in [-0.05, 0) is 43.0 Å². The molecular formula is C15H19F3O2. The van der Waals surface area contributed by atoms with E-state index in [0.29, 0.717) is 17.6 Å². The van der Waals surface area contributed by atoms with E-state index in [1.165, 1.54) is 12.1 Å². The minimum atomic E-state index is -4.32. The Bertz CT molecular complexity index is 429. The van der Waals surface area contributed by atoms with Crippen LogP contribution in [0.1, 0.15) is 32.8 Å². The second kappa shape index (κ2) is 5.64. The van der Waals surface area contributed by atoms with Crippen molar-refractivity contribution in [3.8, 4) is 5.75 Å². The molecule has 0 radical (unpaired) electrons. The predicted octanol–water partition coefficient (Wildman–Crippen LogP) is 4.49. The van der Waals surface area contributed by atoms with E-state index < -0.39 is 18.0 Å². The van der Waals surface area contributed by atoms with Crippen molar-refractivity contribution < 1.29 is 22.6 Å². The van der Waals surface area contributed by atoms with Crippen LogP contribution in [-0.2, 0) is 10.9 Å². The standard InChI is InChI=1S/C15H19F3O2/c1-9-8-14(19-11(3)10(9)2)20-13-6-4-12(5-7-13)15(16,17)18/h4-7,9-11,14H,8H2,1-3H3/t9-,10-,11?,14-/m1/s1. The molecule has 1 aliphatic heterocycles. The van der Waals surface area contributed by atoms with Crippen LogP contribution < -0.4 is 4.74 Å². The predicted molar refractivity (Wildman–Crippen MR) is 69.4 cm³/mol. The Morgan fingerprint density at radius 1 is 1.10 bits per heavy atom. The number of hydrogen-bond donors (Lipinski definition) is 0. The van der Waals surface area contributed by atoms with Crippen LogP contribution in [0.15, 0.2) is 24.3 Å². The van der Waals surface area contributed by atoms with Crippen LogP contribution in [0, 0.1) is 11.8 Å². The van der Waals surface area contributed by atoms with E-state index in [-0.39, 0.29) is 6.10 Å². The lowest BCUT2D eigenvalue weighted by molar-refractivity contribution is -0.175. The third-order valence-electron chi connectivity index (χ3n) is 4.02. The lowest BCUT2D eigenvalue weighted by Gasteiger charge is -2.37. The molecule has 2 rings (SSSR count). The van der Waals surface area contributed by atoms with Gasteiger partial charge < -0.3 is 9.47 Å². The zero-order valence-electron chi connectivity index (χ0n) is 11.8. The van der Waals surface area contributed by atoms with Gasteiger partial charge in [0.25, 0.3) is 0 Å². The summed E-state index contributed by atoms with van der Waals surface area (Å²) in [6.07, 6.45) is -3.89. The fourth-order valence-corrected chi connectivity index (χ4v) is 2.35. The third kappa shape index (κ3) is 3.45. The number of ether oxygens (including phenoxy) is 2. The Kier molecular flexibility index (Phi) is 4.28. The first-order valence-electron chi connectivity index (χ1n) is 6.76. The number of alkyl halides is 3. The van der Waals surface area contributed by atoms with Crippen molar-refractivity contribution in [1.29, 1.82) is 0 Å². The smallest absolute Gasteiger partial charge is 0.416 e. The van der Waals surface area contributed by atoms with Crippen molar-refractivity contribution in [3.05, 3.63) is 29.8 Å². The van der Waals surface area contributed by atoms with Crippen molar-refractivity contribution in [3.63, 3.8) is 0 Å². The number of hydrogen-bond acceptors (Lipinski definition) is 2. The second-order valence-corrected chi connectivity index (χ2v) is 5.48. The summed E-state index contributed by atoms with van der Waals surface area (Å²) in [6.45, 7) is 6.25. The Hall–Kier alpha value is -1.23. The maximum absolute atomic E-state index is 12.5. The minimum absolute atomic E-state index is 0.0817. The highest BCUT2D eigenvalue weighted by atomic mass is 19.4. The fraction of sp³-hybridized carbons (Fsp3) is 0.600. The highest BCUT2D eigenvalue weighted by Gasteiger charge is 2.33. The summed E-state index contributed by atoms with van der Waals surface area (Å²) >= 11 is 0. The van der Waals surface area contributed by atoms with Gasteiger partial charge in [-0.15, -0.1) is 0 Å². The van der Waals surface area contributed by atoms with Gasteiger partial charge in [0.15, 0.2) is 6.29 Å². The van der Waals surface area contributed by atoms with Crippen molar-refractivity contribution in [2.45, 2.75) is 45.8 Å². The maximum atomic E-state index is 12.5. The molecule has 5 heteroatoms. The SMILES string of the molecule is CC1O[C@H](Oc2ccc(C(F)(F)F)cc2)C[C@@H](C)[C@H]1C. The van der Waals surface area contributed by atoms with E-state index in [2.05, 4.69) is 13.8 Å². The zero-order valence-corrected chi connectivity index (χ0v) is 11.8. The summed E-state index contributed by atoms with van der Waals surface area (Å²) in [5, 5.41) is 0. The van der Waals surface area contributed by atoms with Gasteiger partial charge in [-0.3, -0.25) is 0 Å².